The quantitative estimate of drug-likeness (QED) is 0.489. The van der Waals surface area contributed by atoms with Crippen LogP contribution in [0.4, 0.5) is 0 Å². The molecule has 0 aromatic rings. The zero-order valence-electron chi connectivity index (χ0n) is 12.1. The Kier molecular flexibility index (Phi) is 13.8. The molecule has 0 aliphatic rings. The Morgan fingerprint density at radius 3 is 2.41 bits per heavy atom. The van der Waals surface area contributed by atoms with E-state index >= 15 is 0 Å². The summed E-state index contributed by atoms with van der Waals surface area (Å²) in [5.41, 5.74) is 0. The molecule has 0 aromatic heterocycles. The number of hydrogen-bond acceptors (Lipinski definition) is 3. The zero-order chi connectivity index (χ0) is 12.8. The minimum atomic E-state index is 0.558. The Morgan fingerprint density at radius 1 is 1.00 bits per heavy atom. The Bertz CT molecular complexity index is 142. The van der Waals surface area contributed by atoms with Crippen molar-refractivity contribution < 1.29 is 4.74 Å². The first kappa shape index (κ1) is 16.9. The van der Waals surface area contributed by atoms with Crippen molar-refractivity contribution >= 4 is 0 Å². The summed E-state index contributed by atoms with van der Waals surface area (Å²) in [6, 6.07) is 0.558. The lowest BCUT2D eigenvalue weighted by atomic mass is 10.1. The van der Waals surface area contributed by atoms with Gasteiger partial charge in [-0.2, -0.15) is 0 Å². The van der Waals surface area contributed by atoms with Gasteiger partial charge in [0.25, 0.3) is 0 Å². The van der Waals surface area contributed by atoms with Gasteiger partial charge in [0.05, 0.1) is 6.61 Å². The highest BCUT2D eigenvalue weighted by Gasteiger charge is 1.99. The third-order valence-electron chi connectivity index (χ3n) is 2.96. The summed E-state index contributed by atoms with van der Waals surface area (Å²) >= 11 is 0. The minimum absolute atomic E-state index is 0.558. The van der Waals surface area contributed by atoms with Crippen molar-refractivity contribution in [2.75, 3.05) is 33.4 Å². The van der Waals surface area contributed by atoms with Crippen molar-refractivity contribution in [3.05, 3.63) is 0 Å². The number of methoxy groups -OCH3 is 1. The first-order valence-corrected chi connectivity index (χ1v) is 7.24. The second kappa shape index (κ2) is 13.9. The minimum Gasteiger partial charge on any atom is -0.383 e. The van der Waals surface area contributed by atoms with Gasteiger partial charge in [-0.3, -0.25) is 0 Å². The highest BCUT2D eigenvalue weighted by Crippen LogP contribution is 2.04. The van der Waals surface area contributed by atoms with Gasteiger partial charge < -0.3 is 15.4 Å². The normalized spacial score (nSPS) is 12.9. The molecule has 0 spiro atoms. The summed E-state index contributed by atoms with van der Waals surface area (Å²) in [7, 11) is 1.74. The molecule has 0 heterocycles. The van der Waals surface area contributed by atoms with Gasteiger partial charge in [-0.1, -0.05) is 39.0 Å². The maximum Gasteiger partial charge on any atom is 0.0587 e. The summed E-state index contributed by atoms with van der Waals surface area (Å²) in [4.78, 5) is 0. The van der Waals surface area contributed by atoms with Crippen molar-refractivity contribution in [1.82, 2.24) is 10.6 Å². The summed E-state index contributed by atoms with van der Waals surface area (Å²) < 4.78 is 4.99. The van der Waals surface area contributed by atoms with Gasteiger partial charge in [0.1, 0.15) is 0 Å². The van der Waals surface area contributed by atoms with Crippen LogP contribution in [0.1, 0.15) is 52.4 Å². The molecule has 3 nitrogen and oxygen atoms in total. The first-order chi connectivity index (χ1) is 8.31. The van der Waals surface area contributed by atoms with E-state index < -0.39 is 0 Å². The molecule has 0 aliphatic carbocycles. The van der Waals surface area contributed by atoms with Gasteiger partial charge in [0.2, 0.25) is 0 Å². The molecule has 0 rings (SSSR count). The molecule has 0 saturated heterocycles. The van der Waals surface area contributed by atoms with E-state index in [0.29, 0.717) is 6.04 Å². The van der Waals surface area contributed by atoms with Crippen LogP contribution in [0.5, 0.6) is 0 Å². The third kappa shape index (κ3) is 13.8. The third-order valence-corrected chi connectivity index (χ3v) is 2.96. The monoisotopic (exact) mass is 244 g/mol. The van der Waals surface area contributed by atoms with Gasteiger partial charge in [-0.15, -0.1) is 0 Å². The van der Waals surface area contributed by atoms with Crippen LogP contribution in [0.3, 0.4) is 0 Å². The van der Waals surface area contributed by atoms with Crippen LogP contribution >= 0.6 is 0 Å². The van der Waals surface area contributed by atoms with Crippen LogP contribution in [0.2, 0.25) is 0 Å². The van der Waals surface area contributed by atoms with Crippen molar-refractivity contribution in [1.29, 1.82) is 0 Å². The second-order valence-corrected chi connectivity index (χ2v) is 4.82. The van der Waals surface area contributed by atoms with Crippen LogP contribution in [0, 0.1) is 0 Å². The van der Waals surface area contributed by atoms with Crippen LogP contribution in [0.25, 0.3) is 0 Å². The van der Waals surface area contributed by atoms with Crippen LogP contribution < -0.4 is 10.6 Å². The van der Waals surface area contributed by atoms with E-state index in [1.54, 1.807) is 7.11 Å². The van der Waals surface area contributed by atoms with Gasteiger partial charge in [0.15, 0.2) is 0 Å². The van der Waals surface area contributed by atoms with Crippen molar-refractivity contribution in [3.63, 3.8) is 0 Å². The summed E-state index contributed by atoms with van der Waals surface area (Å²) in [5.74, 6) is 0. The fraction of sp³-hybridized carbons (Fsp3) is 1.00. The van der Waals surface area contributed by atoms with Gasteiger partial charge in [0, 0.05) is 26.2 Å². The van der Waals surface area contributed by atoms with Gasteiger partial charge >= 0.3 is 0 Å². The molecule has 0 aliphatic heterocycles. The molecule has 1 atom stereocenters. The average molecular weight is 244 g/mol. The Hall–Kier alpha value is -0.120. The maximum atomic E-state index is 4.99. The number of unbranched alkanes of at least 4 members (excludes halogenated alkanes) is 5. The van der Waals surface area contributed by atoms with Gasteiger partial charge in [-0.25, -0.2) is 0 Å². The zero-order valence-corrected chi connectivity index (χ0v) is 12.1. The SMILES string of the molecule is CCCCCCCCNC(C)CNCCOC. The first-order valence-electron chi connectivity index (χ1n) is 7.24. The van der Waals surface area contributed by atoms with Crippen molar-refractivity contribution in [2.24, 2.45) is 0 Å². The number of ether oxygens (including phenoxy) is 1. The smallest absolute Gasteiger partial charge is 0.0587 e. The molecular weight excluding hydrogens is 212 g/mol. The molecule has 0 aromatic carbocycles. The largest absolute Gasteiger partial charge is 0.383 e. The lowest BCUT2D eigenvalue weighted by Crippen LogP contribution is -2.37. The van der Waals surface area contributed by atoms with E-state index in [1.165, 1.54) is 38.5 Å². The average Bonchev–Trinajstić information content (AvgIpc) is 2.33. The molecule has 2 N–H and O–H groups in total. The molecule has 17 heavy (non-hydrogen) atoms. The molecule has 104 valence electrons. The van der Waals surface area contributed by atoms with Crippen LogP contribution in [-0.2, 0) is 4.74 Å². The van der Waals surface area contributed by atoms with Crippen molar-refractivity contribution in [3.8, 4) is 0 Å². The Morgan fingerprint density at radius 2 is 1.71 bits per heavy atom. The van der Waals surface area contributed by atoms with Crippen molar-refractivity contribution in [2.45, 2.75) is 58.4 Å². The summed E-state index contributed by atoms with van der Waals surface area (Å²) in [6.45, 7) is 8.42. The standard InChI is InChI=1S/C14H32N2O/c1-4-5-6-7-8-9-10-16-14(2)13-15-11-12-17-3/h14-16H,4-13H2,1-3H3. The molecule has 0 amide bonds. The highest BCUT2D eigenvalue weighted by molar-refractivity contribution is 4.63. The summed E-state index contributed by atoms with van der Waals surface area (Å²) in [5, 5.41) is 6.91. The molecule has 0 saturated carbocycles. The topological polar surface area (TPSA) is 33.3 Å². The van der Waals surface area contributed by atoms with E-state index in [1.807, 2.05) is 0 Å². The molecule has 3 heteroatoms. The van der Waals surface area contributed by atoms with Gasteiger partial charge in [-0.05, 0) is 19.9 Å². The Labute approximate surface area is 108 Å². The fourth-order valence-electron chi connectivity index (χ4n) is 1.82. The number of rotatable bonds is 13. The molecule has 0 fully saturated rings. The van der Waals surface area contributed by atoms with Crippen LogP contribution in [-0.4, -0.2) is 39.4 Å². The van der Waals surface area contributed by atoms with E-state index in [-0.39, 0.29) is 0 Å². The second-order valence-electron chi connectivity index (χ2n) is 4.82. The Balaban J connectivity index is 3.08. The predicted molar refractivity (Wildman–Crippen MR) is 75.6 cm³/mol. The molecule has 1 unspecified atom stereocenters. The van der Waals surface area contributed by atoms with E-state index in [0.717, 1.165) is 26.2 Å². The number of nitrogens with one attached hydrogen (secondary N) is 2. The summed E-state index contributed by atoms with van der Waals surface area (Å²) in [6.07, 6.45) is 8.22. The highest BCUT2D eigenvalue weighted by atomic mass is 16.5. The lowest BCUT2D eigenvalue weighted by Gasteiger charge is -2.14. The van der Waals surface area contributed by atoms with E-state index in [9.17, 15) is 0 Å². The fourth-order valence-corrected chi connectivity index (χ4v) is 1.82. The van der Waals surface area contributed by atoms with E-state index in [2.05, 4.69) is 24.5 Å². The molecule has 0 radical (unpaired) electrons. The maximum absolute atomic E-state index is 4.99. The van der Waals surface area contributed by atoms with Crippen LogP contribution in [0.15, 0.2) is 0 Å². The predicted octanol–water partition coefficient (Wildman–Crippen LogP) is 2.56. The molecule has 0 bridgehead atoms. The number of hydrogen-bond donors (Lipinski definition) is 2. The molecular formula is C14H32N2O. The van der Waals surface area contributed by atoms with E-state index in [4.69, 9.17) is 4.74 Å². The lowest BCUT2D eigenvalue weighted by molar-refractivity contribution is 0.198.